The second-order valence-corrected chi connectivity index (χ2v) is 9.37. The molecule has 0 saturated carbocycles. The molecule has 2 aromatic carbocycles. The lowest BCUT2D eigenvalue weighted by Gasteiger charge is -2.09. The minimum atomic E-state index is -4.61. The first-order chi connectivity index (χ1) is 20.3. The van der Waals surface area contributed by atoms with Crippen LogP contribution in [0.5, 0.6) is 5.75 Å². The van der Waals surface area contributed by atoms with Gasteiger partial charge in [0.05, 0.1) is 18.8 Å². The summed E-state index contributed by atoms with van der Waals surface area (Å²) in [7, 11) is 0. The van der Waals surface area contributed by atoms with E-state index in [1.165, 1.54) is 12.1 Å². The number of alkyl halides is 3. The van der Waals surface area contributed by atoms with E-state index in [9.17, 15) is 18.0 Å². The van der Waals surface area contributed by atoms with Gasteiger partial charge in [-0.15, -0.1) is 5.10 Å². The highest BCUT2D eigenvalue weighted by Gasteiger charge is 2.33. The Kier molecular flexibility index (Phi) is 12.7. The molecule has 42 heavy (non-hydrogen) atoms. The zero-order valence-electron chi connectivity index (χ0n) is 23.6. The first-order valence-corrected chi connectivity index (χ1v) is 13.9. The number of benzene rings is 2. The molecule has 3 aromatic rings. The molecule has 0 atom stereocenters. The molecule has 0 aliphatic rings. The number of halogens is 3. The van der Waals surface area contributed by atoms with Crippen LogP contribution in [-0.4, -0.2) is 29.4 Å². The van der Waals surface area contributed by atoms with E-state index < -0.39 is 17.7 Å². The van der Waals surface area contributed by atoms with E-state index in [4.69, 9.17) is 13.9 Å². The number of hydrogen-bond acceptors (Lipinski definition) is 6. The second-order valence-electron chi connectivity index (χ2n) is 9.37. The highest BCUT2D eigenvalue weighted by molar-refractivity contribution is 5.81. The summed E-state index contributed by atoms with van der Waals surface area (Å²) in [6, 6.07) is 10.8. The standard InChI is InChI=1S/C33H33F3N2O4/c1-3-5-8-11-30-37-38-31(42-30)21-18-27-17-14-26(24-29(27)33(34,35)36)13-12-25-15-19-28(20-16-25)40-22-9-6-7-10-23-41-32(39)4-2/h4,14-17,19-20,24H,2-3,5-11,22-23H2,1H3. The van der Waals surface area contributed by atoms with E-state index in [0.29, 0.717) is 36.8 Å². The van der Waals surface area contributed by atoms with Gasteiger partial charge < -0.3 is 13.9 Å². The Morgan fingerprint density at radius 1 is 0.905 bits per heavy atom. The maximum Gasteiger partial charge on any atom is 0.417 e. The van der Waals surface area contributed by atoms with Crippen molar-refractivity contribution >= 4 is 5.97 Å². The first kappa shape index (κ1) is 32.0. The Bertz CT molecular complexity index is 1440. The van der Waals surface area contributed by atoms with Crippen molar-refractivity contribution in [3.63, 3.8) is 0 Å². The minimum absolute atomic E-state index is 0.0188. The van der Waals surface area contributed by atoms with Gasteiger partial charge in [0, 0.05) is 29.2 Å². The topological polar surface area (TPSA) is 74.5 Å². The molecule has 0 aliphatic carbocycles. The maximum atomic E-state index is 13.8. The Morgan fingerprint density at radius 3 is 2.33 bits per heavy atom. The molecule has 9 heteroatoms. The summed E-state index contributed by atoms with van der Waals surface area (Å²) in [5.74, 6) is 11.4. The summed E-state index contributed by atoms with van der Waals surface area (Å²) in [6.07, 6.45) is 3.61. The van der Waals surface area contributed by atoms with Crippen molar-refractivity contribution in [2.24, 2.45) is 0 Å². The van der Waals surface area contributed by atoms with Gasteiger partial charge in [0.25, 0.3) is 5.89 Å². The van der Waals surface area contributed by atoms with E-state index >= 15 is 0 Å². The summed E-state index contributed by atoms with van der Waals surface area (Å²) >= 11 is 0. The smallest absolute Gasteiger partial charge is 0.417 e. The zero-order chi connectivity index (χ0) is 30.2. The van der Waals surface area contributed by atoms with Crippen LogP contribution in [0, 0.1) is 23.7 Å². The Labute approximate surface area is 244 Å². The van der Waals surface area contributed by atoms with Gasteiger partial charge in [-0.2, -0.15) is 13.2 Å². The maximum absolute atomic E-state index is 13.8. The fraction of sp³-hybridized carbons (Fsp3) is 0.364. The third-order valence-electron chi connectivity index (χ3n) is 6.01. The Hall–Kier alpha value is -4.50. The average molecular weight is 579 g/mol. The summed E-state index contributed by atoms with van der Waals surface area (Å²) < 4.78 is 57.4. The molecule has 0 N–H and O–H groups in total. The van der Waals surface area contributed by atoms with Gasteiger partial charge in [-0.3, -0.25) is 0 Å². The molecule has 1 aromatic heterocycles. The lowest BCUT2D eigenvalue weighted by molar-refractivity contribution is -0.138. The van der Waals surface area contributed by atoms with E-state index in [1.54, 1.807) is 24.3 Å². The van der Waals surface area contributed by atoms with Gasteiger partial charge in [-0.25, -0.2) is 4.79 Å². The molecule has 0 saturated heterocycles. The van der Waals surface area contributed by atoms with Crippen LogP contribution in [0.1, 0.15) is 85.9 Å². The van der Waals surface area contributed by atoms with Crippen LogP contribution in [0.4, 0.5) is 13.2 Å². The molecule has 0 radical (unpaired) electrons. The molecule has 0 amide bonds. The van der Waals surface area contributed by atoms with E-state index in [2.05, 4.69) is 47.4 Å². The van der Waals surface area contributed by atoms with Crippen molar-refractivity contribution < 1.29 is 31.9 Å². The second kappa shape index (κ2) is 16.7. The van der Waals surface area contributed by atoms with Gasteiger partial charge in [0.2, 0.25) is 5.89 Å². The van der Waals surface area contributed by atoms with Crippen molar-refractivity contribution in [1.82, 2.24) is 10.2 Å². The number of hydrogen-bond donors (Lipinski definition) is 0. The van der Waals surface area contributed by atoms with Crippen LogP contribution in [0.15, 0.2) is 59.5 Å². The van der Waals surface area contributed by atoms with Crippen molar-refractivity contribution in [2.75, 3.05) is 13.2 Å². The predicted octanol–water partition coefficient (Wildman–Crippen LogP) is 7.29. The van der Waals surface area contributed by atoms with Crippen LogP contribution >= 0.6 is 0 Å². The summed E-state index contributed by atoms with van der Waals surface area (Å²) in [6.45, 7) is 6.35. The minimum Gasteiger partial charge on any atom is -0.494 e. The largest absolute Gasteiger partial charge is 0.494 e. The quantitative estimate of drug-likeness (QED) is 0.0918. The van der Waals surface area contributed by atoms with Gasteiger partial charge >= 0.3 is 12.1 Å². The molecule has 3 rings (SSSR count). The van der Waals surface area contributed by atoms with Gasteiger partial charge in [-0.05, 0) is 80.5 Å². The van der Waals surface area contributed by atoms with Crippen LogP contribution in [0.3, 0.4) is 0 Å². The number of ether oxygens (including phenoxy) is 2. The first-order valence-electron chi connectivity index (χ1n) is 13.9. The number of unbranched alkanes of at least 4 members (excludes halogenated alkanes) is 5. The Morgan fingerprint density at radius 2 is 1.62 bits per heavy atom. The zero-order valence-corrected chi connectivity index (χ0v) is 23.6. The van der Waals surface area contributed by atoms with Crippen molar-refractivity contribution in [3.8, 4) is 29.4 Å². The van der Waals surface area contributed by atoms with Crippen molar-refractivity contribution in [2.45, 2.75) is 64.5 Å². The van der Waals surface area contributed by atoms with E-state index in [1.807, 2.05) is 0 Å². The fourth-order valence-corrected chi connectivity index (χ4v) is 3.78. The number of aryl methyl sites for hydroxylation is 1. The molecular weight excluding hydrogens is 545 g/mol. The highest BCUT2D eigenvalue weighted by Crippen LogP contribution is 2.32. The molecule has 0 fully saturated rings. The van der Waals surface area contributed by atoms with E-state index in [0.717, 1.165) is 57.1 Å². The molecule has 0 unspecified atom stereocenters. The lowest BCUT2D eigenvalue weighted by Crippen LogP contribution is -2.08. The third kappa shape index (κ3) is 11.2. The SMILES string of the molecule is C=CC(=O)OCCCCCCOc1ccc(C#Cc2ccc(C#Cc3nnc(CCCCC)o3)c(C(F)(F)F)c2)cc1. The van der Waals surface area contributed by atoms with Crippen LogP contribution < -0.4 is 4.74 Å². The number of esters is 1. The molecule has 0 aliphatic heterocycles. The summed E-state index contributed by atoms with van der Waals surface area (Å²) in [5, 5.41) is 7.71. The van der Waals surface area contributed by atoms with Gasteiger partial charge in [-0.1, -0.05) is 49.2 Å². The molecule has 0 bridgehead atoms. The summed E-state index contributed by atoms with van der Waals surface area (Å²) in [4.78, 5) is 11.0. The molecular formula is C33H33F3N2O4. The van der Waals surface area contributed by atoms with Crippen LogP contribution in [0.2, 0.25) is 0 Å². The molecule has 220 valence electrons. The van der Waals surface area contributed by atoms with Gasteiger partial charge in [0.15, 0.2) is 0 Å². The Balaban J connectivity index is 1.55. The predicted molar refractivity (Wildman–Crippen MR) is 152 cm³/mol. The monoisotopic (exact) mass is 578 g/mol. The highest BCUT2D eigenvalue weighted by atomic mass is 19.4. The average Bonchev–Trinajstić information content (AvgIpc) is 3.44. The molecule has 6 nitrogen and oxygen atoms in total. The number of aromatic nitrogens is 2. The molecule has 1 heterocycles. The normalized spacial score (nSPS) is 10.7. The third-order valence-corrected chi connectivity index (χ3v) is 6.01. The van der Waals surface area contributed by atoms with Gasteiger partial charge in [0.1, 0.15) is 5.75 Å². The fourth-order valence-electron chi connectivity index (χ4n) is 3.78. The molecule has 0 spiro atoms. The number of carbonyl (C=O) groups is 1. The van der Waals surface area contributed by atoms with Crippen LogP contribution in [-0.2, 0) is 22.1 Å². The number of nitrogens with zero attached hydrogens (tertiary/aromatic N) is 2. The summed E-state index contributed by atoms with van der Waals surface area (Å²) in [5.41, 5.74) is -0.231. The van der Waals surface area contributed by atoms with Crippen LogP contribution in [0.25, 0.3) is 0 Å². The van der Waals surface area contributed by atoms with E-state index in [-0.39, 0.29) is 17.0 Å². The number of rotatable bonds is 13. The number of carbonyl (C=O) groups excluding carboxylic acids is 1. The van der Waals surface area contributed by atoms with Crippen molar-refractivity contribution in [3.05, 3.63) is 89.2 Å². The van der Waals surface area contributed by atoms with Crippen molar-refractivity contribution in [1.29, 1.82) is 0 Å². The lowest BCUT2D eigenvalue weighted by atomic mass is 10.0.